The number of ether oxygens (including phenoxy) is 1. The highest BCUT2D eigenvalue weighted by Crippen LogP contribution is 2.25. The minimum absolute atomic E-state index is 0.768. The van der Waals surface area contributed by atoms with Gasteiger partial charge in [0, 0.05) is 7.11 Å². The Morgan fingerprint density at radius 1 is 0.609 bits per heavy atom. The molecule has 0 bridgehead atoms. The zero-order chi connectivity index (χ0) is 16.1. The lowest BCUT2D eigenvalue weighted by atomic mass is 9.99. The fourth-order valence-electron chi connectivity index (χ4n) is 2.68. The van der Waals surface area contributed by atoms with Crippen molar-refractivity contribution in [3.05, 3.63) is 83.9 Å². The van der Waals surface area contributed by atoms with Crippen molar-refractivity contribution in [3.63, 3.8) is 0 Å². The van der Waals surface area contributed by atoms with Crippen LogP contribution in [-0.4, -0.2) is 13.7 Å². The average Bonchev–Trinajstić information content (AvgIpc) is 2.61. The van der Waals surface area contributed by atoms with Crippen LogP contribution in [0.4, 0.5) is 0 Å². The molecule has 0 aromatic heterocycles. The van der Waals surface area contributed by atoms with Crippen molar-refractivity contribution in [1.29, 1.82) is 0 Å². The molecule has 0 aliphatic rings. The van der Waals surface area contributed by atoms with Crippen molar-refractivity contribution in [1.82, 2.24) is 0 Å². The van der Waals surface area contributed by atoms with Crippen LogP contribution >= 0.6 is 0 Å². The molecule has 116 valence electrons. The standard InChI is InChI=1S/C22H22O/c1-17-3-7-19(8-4-17)21-11-13-22(14-12-21)20-9-5-18(6-10-20)15-16-23-2/h3-14H,15-16H2,1-2H3. The average molecular weight is 302 g/mol. The van der Waals surface area contributed by atoms with Crippen molar-refractivity contribution in [3.8, 4) is 22.3 Å². The molecule has 1 nitrogen and oxygen atoms in total. The number of hydrogen-bond acceptors (Lipinski definition) is 1. The Hall–Kier alpha value is -2.38. The van der Waals surface area contributed by atoms with Gasteiger partial charge in [-0.25, -0.2) is 0 Å². The molecule has 23 heavy (non-hydrogen) atoms. The van der Waals surface area contributed by atoms with Gasteiger partial charge in [0.1, 0.15) is 0 Å². The summed E-state index contributed by atoms with van der Waals surface area (Å²) in [4.78, 5) is 0. The van der Waals surface area contributed by atoms with Gasteiger partial charge in [-0.3, -0.25) is 0 Å². The van der Waals surface area contributed by atoms with E-state index in [1.54, 1.807) is 7.11 Å². The van der Waals surface area contributed by atoms with Crippen LogP contribution in [0.5, 0.6) is 0 Å². The fraction of sp³-hybridized carbons (Fsp3) is 0.182. The third-order valence-electron chi connectivity index (χ3n) is 4.15. The molecule has 0 aliphatic carbocycles. The Balaban J connectivity index is 1.77. The zero-order valence-electron chi connectivity index (χ0n) is 13.8. The summed E-state index contributed by atoms with van der Waals surface area (Å²) in [5.41, 5.74) is 7.62. The normalized spacial score (nSPS) is 10.7. The predicted molar refractivity (Wildman–Crippen MR) is 97.6 cm³/mol. The molecule has 0 saturated heterocycles. The lowest BCUT2D eigenvalue weighted by Crippen LogP contribution is -1.93. The van der Waals surface area contributed by atoms with Gasteiger partial charge >= 0.3 is 0 Å². The lowest BCUT2D eigenvalue weighted by molar-refractivity contribution is 0.202. The summed E-state index contributed by atoms with van der Waals surface area (Å²) >= 11 is 0. The maximum absolute atomic E-state index is 5.12. The van der Waals surface area contributed by atoms with Crippen LogP contribution in [0.1, 0.15) is 11.1 Å². The fourth-order valence-corrected chi connectivity index (χ4v) is 2.68. The van der Waals surface area contributed by atoms with Gasteiger partial charge in [-0.15, -0.1) is 0 Å². The Bertz CT molecular complexity index is 737. The van der Waals surface area contributed by atoms with Gasteiger partial charge in [-0.05, 0) is 41.2 Å². The smallest absolute Gasteiger partial charge is 0.0502 e. The molecule has 0 unspecified atom stereocenters. The van der Waals surface area contributed by atoms with Crippen LogP contribution in [0.3, 0.4) is 0 Å². The topological polar surface area (TPSA) is 9.23 Å². The predicted octanol–water partition coefficient (Wildman–Crippen LogP) is 5.52. The van der Waals surface area contributed by atoms with Crippen molar-refractivity contribution >= 4 is 0 Å². The van der Waals surface area contributed by atoms with Gasteiger partial charge in [-0.2, -0.15) is 0 Å². The summed E-state index contributed by atoms with van der Waals surface area (Å²) in [5, 5.41) is 0. The first-order valence-corrected chi connectivity index (χ1v) is 8.01. The Morgan fingerprint density at radius 2 is 1.00 bits per heavy atom. The molecular weight excluding hydrogens is 280 g/mol. The first kappa shape index (κ1) is 15.5. The van der Waals surface area contributed by atoms with Crippen LogP contribution < -0.4 is 0 Å². The number of aryl methyl sites for hydroxylation is 1. The second-order valence-electron chi connectivity index (χ2n) is 5.88. The number of benzene rings is 3. The third kappa shape index (κ3) is 3.88. The SMILES string of the molecule is COCCc1ccc(-c2ccc(-c3ccc(C)cc3)cc2)cc1. The van der Waals surface area contributed by atoms with E-state index >= 15 is 0 Å². The molecule has 3 aromatic carbocycles. The van der Waals surface area contributed by atoms with Crippen molar-refractivity contribution in [2.75, 3.05) is 13.7 Å². The van der Waals surface area contributed by atoms with Crippen LogP contribution in [0, 0.1) is 6.92 Å². The molecule has 0 spiro atoms. The minimum atomic E-state index is 0.768. The van der Waals surface area contributed by atoms with E-state index in [-0.39, 0.29) is 0 Å². The molecule has 3 rings (SSSR count). The highest BCUT2D eigenvalue weighted by atomic mass is 16.5. The van der Waals surface area contributed by atoms with Crippen LogP contribution in [-0.2, 0) is 11.2 Å². The summed E-state index contributed by atoms with van der Waals surface area (Å²) in [6.07, 6.45) is 0.961. The van der Waals surface area contributed by atoms with E-state index in [2.05, 4.69) is 79.7 Å². The minimum Gasteiger partial charge on any atom is -0.384 e. The summed E-state index contributed by atoms with van der Waals surface area (Å²) in [6.45, 7) is 2.88. The molecule has 0 fully saturated rings. The third-order valence-corrected chi connectivity index (χ3v) is 4.15. The number of methoxy groups -OCH3 is 1. The second-order valence-corrected chi connectivity index (χ2v) is 5.88. The van der Waals surface area contributed by atoms with Gasteiger partial charge in [-0.1, -0.05) is 78.4 Å². The highest BCUT2D eigenvalue weighted by molar-refractivity contribution is 5.70. The number of hydrogen-bond donors (Lipinski definition) is 0. The van der Waals surface area contributed by atoms with Crippen molar-refractivity contribution in [2.24, 2.45) is 0 Å². The maximum atomic E-state index is 5.12. The highest BCUT2D eigenvalue weighted by Gasteiger charge is 2.01. The van der Waals surface area contributed by atoms with Gasteiger partial charge in [0.05, 0.1) is 6.61 Å². The van der Waals surface area contributed by atoms with Crippen molar-refractivity contribution < 1.29 is 4.74 Å². The van der Waals surface area contributed by atoms with Crippen LogP contribution in [0.15, 0.2) is 72.8 Å². The Morgan fingerprint density at radius 3 is 1.43 bits per heavy atom. The molecule has 0 radical (unpaired) electrons. The van der Waals surface area contributed by atoms with E-state index in [0.717, 1.165) is 13.0 Å². The summed E-state index contributed by atoms with van der Waals surface area (Å²) in [5.74, 6) is 0. The van der Waals surface area contributed by atoms with E-state index in [9.17, 15) is 0 Å². The van der Waals surface area contributed by atoms with Gasteiger partial charge in [0.25, 0.3) is 0 Å². The molecule has 0 atom stereocenters. The first-order valence-electron chi connectivity index (χ1n) is 8.01. The first-order chi connectivity index (χ1) is 11.3. The molecule has 1 heteroatoms. The summed E-state index contributed by atoms with van der Waals surface area (Å²) in [7, 11) is 1.74. The zero-order valence-corrected chi connectivity index (χ0v) is 13.8. The maximum Gasteiger partial charge on any atom is 0.0502 e. The Labute approximate surface area is 138 Å². The quantitative estimate of drug-likeness (QED) is 0.603. The Kier molecular flexibility index (Phi) is 4.89. The van der Waals surface area contributed by atoms with Crippen LogP contribution in [0.25, 0.3) is 22.3 Å². The molecule has 0 aliphatic heterocycles. The molecular formula is C22H22O. The molecule has 0 saturated carbocycles. The number of rotatable bonds is 5. The van der Waals surface area contributed by atoms with E-state index < -0.39 is 0 Å². The van der Waals surface area contributed by atoms with Crippen LogP contribution in [0.2, 0.25) is 0 Å². The van der Waals surface area contributed by atoms with E-state index in [1.165, 1.54) is 33.4 Å². The summed E-state index contributed by atoms with van der Waals surface area (Å²) in [6, 6.07) is 26.2. The monoisotopic (exact) mass is 302 g/mol. The largest absolute Gasteiger partial charge is 0.384 e. The molecule has 0 heterocycles. The van der Waals surface area contributed by atoms with Crippen molar-refractivity contribution in [2.45, 2.75) is 13.3 Å². The second kappa shape index (κ2) is 7.26. The van der Waals surface area contributed by atoms with Gasteiger partial charge in [0.15, 0.2) is 0 Å². The molecule has 0 N–H and O–H groups in total. The summed E-state index contributed by atoms with van der Waals surface area (Å²) < 4.78 is 5.12. The van der Waals surface area contributed by atoms with Gasteiger partial charge < -0.3 is 4.74 Å². The van der Waals surface area contributed by atoms with Gasteiger partial charge in [0.2, 0.25) is 0 Å². The van der Waals surface area contributed by atoms with E-state index in [1.807, 2.05) is 0 Å². The molecule has 3 aromatic rings. The van der Waals surface area contributed by atoms with E-state index in [4.69, 9.17) is 4.74 Å². The lowest BCUT2D eigenvalue weighted by Gasteiger charge is -2.07. The molecule has 0 amide bonds. The van der Waals surface area contributed by atoms with E-state index in [0.29, 0.717) is 0 Å².